The normalized spacial score (nSPS) is 8.67. The molecule has 0 heterocycles. The second kappa shape index (κ2) is 11.2. The maximum Gasteiger partial charge on any atom is -0.00697 e. The first-order chi connectivity index (χ1) is 4.35. The molecule has 0 amide bonds. The fourth-order valence-corrected chi connectivity index (χ4v) is 1.06. The van der Waals surface area contributed by atoms with Crippen molar-refractivity contribution in [2.75, 3.05) is 5.75 Å². The molecular weight excluding hydrogens is 128 g/mol. The Balaban J connectivity index is 0. The second-order valence-electron chi connectivity index (χ2n) is 1.87. The van der Waals surface area contributed by atoms with Crippen molar-refractivity contribution in [2.45, 2.75) is 40.5 Å². The average molecular weight is 148 g/mol. The van der Waals surface area contributed by atoms with E-state index in [9.17, 15) is 0 Å². The molecule has 0 atom stereocenters. The summed E-state index contributed by atoms with van der Waals surface area (Å²) < 4.78 is 0. The molecule has 58 valence electrons. The third kappa shape index (κ3) is 8.35. The predicted molar refractivity (Wildman–Crippen MR) is 49.3 cm³/mol. The maximum atomic E-state index is 4.18. The summed E-state index contributed by atoms with van der Waals surface area (Å²) in [4.78, 5) is 0. The Morgan fingerprint density at radius 1 is 1.11 bits per heavy atom. The van der Waals surface area contributed by atoms with Crippen LogP contribution >= 0.6 is 12.6 Å². The highest BCUT2D eigenvalue weighted by Gasteiger charge is 1.96. The van der Waals surface area contributed by atoms with Crippen LogP contribution in [0.4, 0.5) is 0 Å². The van der Waals surface area contributed by atoms with Crippen LogP contribution < -0.4 is 0 Å². The quantitative estimate of drug-likeness (QED) is 0.583. The van der Waals surface area contributed by atoms with E-state index in [0.29, 0.717) is 0 Å². The highest BCUT2D eigenvalue weighted by atomic mass is 32.1. The van der Waals surface area contributed by atoms with Crippen molar-refractivity contribution in [3.05, 3.63) is 0 Å². The van der Waals surface area contributed by atoms with E-state index in [-0.39, 0.29) is 0 Å². The summed E-state index contributed by atoms with van der Waals surface area (Å²) in [7, 11) is 0. The lowest BCUT2D eigenvalue weighted by Gasteiger charge is -2.04. The van der Waals surface area contributed by atoms with Gasteiger partial charge in [0, 0.05) is 0 Å². The molecule has 0 rings (SSSR count). The van der Waals surface area contributed by atoms with Crippen LogP contribution in [0, 0.1) is 5.92 Å². The molecule has 9 heavy (non-hydrogen) atoms. The Labute approximate surface area is 65.5 Å². The standard InChI is InChI=1S/C6H14S.C2H6/c1-3-6(4-2)5-7;1-2/h6-7H,3-5H2,1-2H3;1-2H3. The van der Waals surface area contributed by atoms with Gasteiger partial charge in [-0.05, 0) is 11.7 Å². The van der Waals surface area contributed by atoms with Crippen LogP contribution in [0.5, 0.6) is 0 Å². The molecule has 0 radical (unpaired) electrons. The van der Waals surface area contributed by atoms with Crippen molar-refractivity contribution < 1.29 is 0 Å². The second-order valence-corrected chi connectivity index (χ2v) is 2.23. The highest BCUT2D eigenvalue weighted by molar-refractivity contribution is 7.80. The molecule has 0 spiro atoms. The summed E-state index contributed by atoms with van der Waals surface area (Å²) in [6.07, 6.45) is 2.56. The van der Waals surface area contributed by atoms with Gasteiger partial charge < -0.3 is 0 Å². The van der Waals surface area contributed by atoms with E-state index in [1.165, 1.54) is 12.8 Å². The molecule has 0 fully saturated rings. The Morgan fingerprint density at radius 2 is 1.44 bits per heavy atom. The third-order valence-corrected chi connectivity index (χ3v) is 1.93. The molecule has 0 N–H and O–H groups in total. The lowest BCUT2D eigenvalue weighted by molar-refractivity contribution is 0.555. The van der Waals surface area contributed by atoms with Gasteiger partial charge in [0.15, 0.2) is 0 Å². The van der Waals surface area contributed by atoms with Crippen LogP contribution in [0.15, 0.2) is 0 Å². The maximum absolute atomic E-state index is 4.18. The number of rotatable bonds is 3. The van der Waals surface area contributed by atoms with Gasteiger partial charge >= 0.3 is 0 Å². The fourth-order valence-electron chi connectivity index (χ4n) is 0.547. The summed E-state index contributed by atoms with van der Waals surface area (Å²) in [5.41, 5.74) is 0. The Bertz CT molecular complexity index is 26.0. The minimum Gasteiger partial charge on any atom is -0.179 e. The third-order valence-electron chi connectivity index (χ3n) is 1.41. The number of hydrogen-bond donors (Lipinski definition) is 1. The van der Waals surface area contributed by atoms with Crippen molar-refractivity contribution in [1.29, 1.82) is 0 Å². The largest absolute Gasteiger partial charge is 0.179 e. The summed E-state index contributed by atoms with van der Waals surface area (Å²) in [5.74, 6) is 1.90. The van der Waals surface area contributed by atoms with Gasteiger partial charge in [0.2, 0.25) is 0 Å². The topological polar surface area (TPSA) is 0 Å². The zero-order chi connectivity index (χ0) is 7.70. The summed E-state index contributed by atoms with van der Waals surface area (Å²) in [6.45, 7) is 8.43. The van der Waals surface area contributed by atoms with E-state index >= 15 is 0 Å². The molecule has 0 aromatic rings. The van der Waals surface area contributed by atoms with Gasteiger partial charge in [-0.3, -0.25) is 0 Å². The number of hydrogen-bond acceptors (Lipinski definition) is 1. The monoisotopic (exact) mass is 148 g/mol. The van der Waals surface area contributed by atoms with E-state index in [1.54, 1.807) is 0 Å². The first-order valence-corrected chi connectivity index (χ1v) is 4.59. The molecule has 0 aromatic heterocycles. The first kappa shape index (κ1) is 12.1. The number of thiol groups is 1. The molecule has 0 nitrogen and oxygen atoms in total. The lowest BCUT2D eigenvalue weighted by Crippen LogP contribution is -1.96. The van der Waals surface area contributed by atoms with E-state index in [2.05, 4.69) is 26.5 Å². The molecule has 0 bridgehead atoms. The van der Waals surface area contributed by atoms with E-state index in [0.717, 1.165) is 11.7 Å². The van der Waals surface area contributed by atoms with Gasteiger partial charge in [0.05, 0.1) is 0 Å². The lowest BCUT2D eigenvalue weighted by atomic mass is 10.1. The molecule has 0 aliphatic heterocycles. The van der Waals surface area contributed by atoms with Crippen molar-refractivity contribution in [1.82, 2.24) is 0 Å². The zero-order valence-electron chi connectivity index (χ0n) is 7.15. The Kier molecular flexibility index (Phi) is 15.0. The molecule has 0 aromatic carbocycles. The molecule has 0 aliphatic rings. The Morgan fingerprint density at radius 3 is 1.44 bits per heavy atom. The highest BCUT2D eigenvalue weighted by Crippen LogP contribution is 2.07. The van der Waals surface area contributed by atoms with Crippen molar-refractivity contribution in [3.8, 4) is 0 Å². The molecule has 0 aliphatic carbocycles. The van der Waals surface area contributed by atoms with Gasteiger partial charge in [-0.1, -0.05) is 40.5 Å². The predicted octanol–water partition coefficient (Wildman–Crippen LogP) is 3.38. The Hall–Kier alpha value is 0.350. The summed E-state index contributed by atoms with van der Waals surface area (Å²) in [6, 6.07) is 0. The first-order valence-electron chi connectivity index (χ1n) is 3.96. The van der Waals surface area contributed by atoms with Gasteiger partial charge in [0.1, 0.15) is 0 Å². The van der Waals surface area contributed by atoms with Crippen molar-refractivity contribution in [2.24, 2.45) is 5.92 Å². The summed E-state index contributed by atoms with van der Waals surface area (Å²) in [5, 5.41) is 0. The smallest absolute Gasteiger partial charge is 0.00697 e. The fraction of sp³-hybridized carbons (Fsp3) is 1.00. The molecule has 1 heteroatoms. The van der Waals surface area contributed by atoms with Crippen LogP contribution in [0.3, 0.4) is 0 Å². The van der Waals surface area contributed by atoms with E-state index in [4.69, 9.17) is 0 Å². The average Bonchev–Trinajstić information content (AvgIpc) is 1.96. The van der Waals surface area contributed by atoms with Crippen LogP contribution in [0.25, 0.3) is 0 Å². The summed E-state index contributed by atoms with van der Waals surface area (Å²) >= 11 is 4.18. The molecule has 0 unspecified atom stereocenters. The van der Waals surface area contributed by atoms with Gasteiger partial charge in [-0.15, -0.1) is 0 Å². The van der Waals surface area contributed by atoms with Crippen LogP contribution in [0.1, 0.15) is 40.5 Å². The van der Waals surface area contributed by atoms with Crippen LogP contribution in [-0.4, -0.2) is 5.75 Å². The molecule has 0 saturated heterocycles. The van der Waals surface area contributed by atoms with Gasteiger partial charge in [-0.2, -0.15) is 12.6 Å². The van der Waals surface area contributed by atoms with E-state index in [1.807, 2.05) is 13.8 Å². The van der Waals surface area contributed by atoms with E-state index < -0.39 is 0 Å². The van der Waals surface area contributed by atoms with Crippen LogP contribution in [-0.2, 0) is 0 Å². The minimum absolute atomic E-state index is 0.850. The minimum atomic E-state index is 0.850. The zero-order valence-corrected chi connectivity index (χ0v) is 8.04. The van der Waals surface area contributed by atoms with Gasteiger partial charge in [0.25, 0.3) is 0 Å². The SMILES string of the molecule is CC.CCC(CC)CS. The van der Waals surface area contributed by atoms with Crippen molar-refractivity contribution in [3.63, 3.8) is 0 Å². The molecule has 0 saturated carbocycles. The van der Waals surface area contributed by atoms with Crippen LogP contribution in [0.2, 0.25) is 0 Å². The van der Waals surface area contributed by atoms with Crippen molar-refractivity contribution >= 4 is 12.6 Å². The van der Waals surface area contributed by atoms with Gasteiger partial charge in [-0.25, -0.2) is 0 Å². The molecular formula is C8H20S.